The number of hydrogen-bond acceptors (Lipinski definition) is 3. The van der Waals surface area contributed by atoms with E-state index in [-0.39, 0.29) is 12.1 Å². The lowest BCUT2D eigenvalue weighted by molar-refractivity contribution is 0.0507. The number of nitrogens with one attached hydrogen (secondary N) is 2. The monoisotopic (exact) mass is 304 g/mol. The van der Waals surface area contributed by atoms with Crippen LogP contribution in [0, 0.1) is 0 Å². The molecule has 0 saturated carbocycles. The summed E-state index contributed by atoms with van der Waals surface area (Å²) in [4.78, 5) is 11.8. The number of hydrogen-bond donors (Lipinski definition) is 2. The van der Waals surface area contributed by atoms with Crippen LogP contribution in [-0.4, -0.2) is 24.3 Å². The van der Waals surface area contributed by atoms with Crippen LogP contribution in [0.4, 0.5) is 4.79 Å². The van der Waals surface area contributed by atoms with Gasteiger partial charge in [0.05, 0.1) is 0 Å². The highest BCUT2D eigenvalue weighted by atomic mass is 16.6. The Kier molecular flexibility index (Phi) is 5.46. The first kappa shape index (κ1) is 16.8. The number of carbonyl (C=O) groups excluding carboxylic acids is 1. The fourth-order valence-electron chi connectivity index (χ4n) is 2.84. The highest BCUT2D eigenvalue weighted by molar-refractivity contribution is 5.68. The van der Waals surface area contributed by atoms with Crippen molar-refractivity contribution < 1.29 is 9.53 Å². The van der Waals surface area contributed by atoms with E-state index in [1.54, 1.807) is 0 Å². The molecule has 1 aliphatic rings. The molecule has 0 aromatic heterocycles. The van der Waals surface area contributed by atoms with Crippen LogP contribution in [0.15, 0.2) is 24.3 Å². The van der Waals surface area contributed by atoms with Gasteiger partial charge in [0, 0.05) is 18.6 Å². The molecule has 0 fully saturated rings. The van der Waals surface area contributed by atoms with Crippen LogP contribution in [-0.2, 0) is 11.2 Å². The number of fused-ring (bicyclic) bond motifs is 1. The van der Waals surface area contributed by atoms with Crippen molar-refractivity contribution in [3.05, 3.63) is 35.4 Å². The molecule has 22 heavy (non-hydrogen) atoms. The summed E-state index contributed by atoms with van der Waals surface area (Å²) in [5.41, 5.74) is 2.39. The molecule has 0 radical (unpaired) electrons. The molecule has 1 aliphatic carbocycles. The summed E-state index contributed by atoms with van der Waals surface area (Å²) in [5, 5.41) is 6.45. The average molecular weight is 304 g/mol. The molecular formula is C18H28N2O2. The molecule has 122 valence electrons. The molecule has 0 spiro atoms. The quantitative estimate of drug-likeness (QED) is 0.894. The van der Waals surface area contributed by atoms with E-state index >= 15 is 0 Å². The molecule has 0 heterocycles. The van der Waals surface area contributed by atoms with Gasteiger partial charge in [-0.15, -0.1) is 0 Å². The van der Waals surface area contributed by atoms with Crippen LogP contribution in [0.5, 0.6) is 0 Å². The van der Waals surface area contributed by atoms with Crippen molar-refractivity contribution in [2.75, 3.05) is 6.54 Å². The van der Waals surface area contributed by atoms with Gasteiger partial charge in [-0.1, -0.05) is 24.3 Å². The Hall–Kier alpha value is -1.55. The molecule has 0 aliphatic heterocycles. The predicted octanol–water partition coefficient (Wildman–Crippen LogP) is 3.57. The topological polar surface area (TPSA) is 50.4 Å². The highest BCUT2D eigenvalue weighted by Gasteiger charge is 2.21. The lowest BCUT2D eigenvalue weighted by atomic mass is 9.87. The zero-order chi connectivity index (χ0) is 16.2. The SMILES string of the molecule is CC(CNC1CCCc2ccccc21)NC(=O)OC(C)(C)C. The summed E-state index contributed by atoms with van der Waals surface area (Å²) < 4.78 is 5.28. The Morgan fingerprint density at radius 1 is 1.36 bits per heavy atom. The zero-order valence-corrected chi connectivity index (χ0v) is 14.1. The third kappa shape index (κ3) is 5.02. The highest BCUT2D eigenvalue weighted by Crippen LogP contribution is 2.29. The Balaban J connectivity index is 1.82. The minimum absolute atomic E-state index is 0.0314. The first-order chi connectivity index (χ1) is 10.3. The molecule has 1 aromatic carbocycles. The predicted molar refractivity (Wildman–Crippen MR) is 89.0 cm³/mol. The van der Waals surface area contributed by atoms with Crippen LogP contribution in [0.25, 0.3) is 0 Å². The third-order valence-corrected chi connectivity index (χ3v) is 3.80. The molecule has 4 nitrogen and oxygen atoms in total. The van der Waals surface area contributed by atoms with Gasteiger partial charge in [0.2, 0.25) is 0 Å². The molecule has 2 rings (SSSR count). The van der Waals surface area contributed by atoms with Gasteiger partial charge in [0.15, 0.2) is 0 Å². The molecule has 4 heteroatoms. The van der Waals surface area contributed by atoms with Gasteiger partial charge < -0.3 is 15.4 Å². The number of rotatable bonds is 4. The van der Waals surface area contributed by atoms with Gasteiger partial charge in [0.1, 0.15) is 5.60 Å². The fourth-order valence-corrected chi connectivity index (χ4v) is 2.84. The summed E-state index contributed by atoms with van der Waals surface area (Å²) in [7, 11) is 0. The van der Waals surface area contributed by atoms with Gasteiger partial charge in [-0.2, -0.15) is 0 Å². The van der Waals surface area contributed by atoms with E-state index in [0.717, 1.165) is 13.0 Å². The Morgan fingerprint density at radius 3 is 2.82 bits per heavy atom. The van der Waals surface area contributed by atoms with Crippen LogP contribution in [0.1, 0.15) is 57.7 Å². The Bertz CT molecular complexity index is 508. The lowest BCUT2D eigenvalue weighted by Gasteiger charge is -2.28. The van der Waals surface area contributed by atoms with Gasteiger partial charge in [0.25, 0.3) is 0 Å². The molecule has 1 amide bonds. The molecular weight excluding hydrogens is 276 g/mol. The van der Waals surface area contributed by atoms with E-state index in [9.17, 15) is 4.79 Å². The van der Waals surface area contributed by atoms with Crippen molar-refractivity contribution in [3.63, 3.8) is 0 Å². The summed E-state index contributed by atoms with van der Waals surface area (Å²) in [6.07, 6.45) is 3.17. The van der Waals surface area contributed by atoms with E-state index in [0.29, 0.717) is 6.04 Å². The number of benzene rings is 1. The molecule has 1 aromatic rings. The Labute approximate surface area is 133 Å². The second-order valence-corrected chi connectivity index (χ2v) is 7.10. The molecule has 2 atom stereocenters. The number of carbonyl (C=O) groups is 1. The van der Waals surface area contributed by atoms with Crippen molar-refractivity contribution in [1.29, 1.82) is 0 Å². The number of aryl methyl sites for hydroxylation is 1. The smallest absolute Gasteiger partial charge is 0.407 e. The third-order valence-electron chi connectivity index (χ3n) is 3.80. The normalized spacial score (nSPS) is 19.2. The van der Waals surface area contributed by atoms with Crippen molar-refractivity contribution in [2.45, 2.75) is 64.6 Å². The maximum Gasteiger partial charge on any atom is 0.407 e. The zero-order valence-electron chi connectivity index (χ0n) is 14.1. The van der Waals surface area contributed by atoms with Crippen LogP contribution < -0.4 is 10.6 Å². The van der Waals surface area contributed by atoms with Crippen LogP contribution >= 0.6 is 0 Å². The minimum Gasteiger partial charge on any atom is -0.444 e. The second kappa shape index (κ2) is 7.14. The molecule has 2 N–H and O–H groups in total. The van der Waals surface area contributed by atoms with Crippen LogP contribution in [0.2, 0.25) is 0 Å². The van der Waals surface area contributed by atoms with Crippen LogP contribution in [0.3, 0.4) is 0 Å². The van der Waals surface area contributed by atoms with E-state index in [1.807, 2.05) is 27.7 Å². The van der Waals surface area contributed by atoms with Gasteiger partial charge in [-0.3, -0.25) is 0 Å². The number of ether oxygens (including phenoxy) is 1. The van der Waals surface area contributed by atoms with E-state index in [4.69, 9.17) is 4.74 Å². The fraction of sp³-hybridized carbons (Fsp3) is 0.611. The van der Waals surface area contributed by atoms with E-state index < -0.39 is 5.60 Å². The maximum absolute atomic E-state index is 11.8. The average Bonchev–Trinajstić information content (AvgIpc) is 2.43. The lowest BCUT2D eigenvalue weighted by Crippen LogP contribution is -2.43. The van der Waals surface area contributed by atoms with Gasteiger partial charge in [-0.05, 0) is 58.1 Å². The second-order valence-electron chi connectivity index (χ2n) is 7.10. The summed E-state index contributed by atoms with van der Waals surface area (Å²) >= 11 is 0. The van der Waals surface area contributed by atoms with Gasteiger partial charge in [-0.25, -0.2) is 4.79 Å². The summed E-state index contributed by atoms with van der Waals surface area (Å²) in [6, 6.07) is 9.04. The van der Waals surface area contributed by atoms with Crippen molar-refractivity contribution in [1.82, 2.24) is 10.6 Å². The van der Waals surface area contributed by atoms with E-state index in [1.165, 1.54) is 24.0 Å². The summed E-state index contributed by atoms with van der Waals surface area (Å²) in [5.74, 6) is 0. The molecule has 2 unspecified atom stereocenters. The number of amides is 1. The standard InChI is InChI=1S/C18H28N2O2/c1-13(20-17(21)22-18(2,3)4)12-19-16-11-7-9-14-8-5-6-10-15(14)16/h5-6,8,10,13,16,19H,7,9,11-12H2,1-4H3,(H,20,21). The first-order valence-electron chi connectivity index (χ1n) is 8.16. The molecule has 0 saturated heterocycles. The first-order valence-corrected chi connectivity index (χ1v) is 8.16. The molecule has 0 bridgehead atoms. The number of alkyl carbamates (subject to hydrolysis) is 1. The Morgan fingerprint density at radius 2 is 2.09 bits per heavy atom. The largest absolute Gasteiger partial charge is 0.444 e. The van der Waals surface area contributed by atoms with E-state index in [2.05, 4.69) is 34.9 Å². The summed E-state index contributed by atoms with van der Waals surface area (Å²) in [6.45, 7) is 8.33. The van der Waals surface area contributed by atoms with Crippen molar-refractivity contribution >= 4 is 6.09 Å². The maximum atomic E-state index is 11.8. The van der Waals surface area contributed by atoms with Crippen molar-refractivity contribution in [3.8, 4) is 0 Å². The van der Waals surface area contributed by atoms with Crippen molar-refractivity contribution in [2.24, 2.45) is 0 Å². The minimum atomic E-state index is -0.459. The van der Waals surface area contributed by atoms with Gasteiger partial charge >= 0.3 is 6.09 Å².